The van der Waals surface area contributed by atoms with Crippen LogP contribution in [0.1, 0.15) is 41.7 Å². The molecule has 1 aliphatic rings. The average molecular weight is 323 g/mol. The lowest BCUT2D eigenvalue weighted by molar-refractivity contribution is 0.0601. The van der Waals surface area contributed by atoms with Crippen molar-refractivity contribution in [2.24, 2.45) is 0 Å². The van der Waals surface area contributed by atoms with E-state index in [1.807, 2.05) is 49.5 Å². The molecule has 0 aliphatic carbocycles. The second-order valence-electron chi connectivity index (χ2n) is 6.32. The van der Waals surface area contributed by atoms with Gasteiger partial charge in [0.2, 0.25) is 0 Å². The van der Waals surface area contributed by atoms with Gasteiger partial charge < -0.3 is 10.2 Å². The normalized spacial score (nSPS) is 17.5. The third kappa shape index (κ3) is 3.94. The van der Waals surface area contributed by atoms with Crippen molar-refractivity contribution in [1.29, 1.82) is 0 Å². The summed E-state index contributed by atoms with van der Waals surface area (Å²) in [4.78, 5) is 19.5. The van der Waals surface area contributed by atoms with Crippen molar-refractivity contribution in [3.63, 3.8) is 0 Å². The number of anilines is 1. The first-order valence-electron chi connectivity index (χ1n) is 8.77. The summed E-state index contributed by atoms with van der Waals surface area (Å²) in [5, 5.41) is 3.08. The minimum absolute atomic E-state index is 0.164. The van der Waals surface area contributed by atoms with Crippen LogP contribution in [-0.4, -0.2) is 35.4 Å². The predicted octanol–water partition coefficient (Wildman–Crippen LogP) is 3.75. The van der Waals surface area contributed by atoms with Crippen LogP contribution in [0.2, 0.25) is 0 Å². The third-order valence-electron chi connectivity index (χ3n) is 4.71. The highest BCUT2D eigenvalue weighted by Crippen LogP contribution is 2.23. The van der Waals surface area contributed by atoms with Crippen LogP contribution in [0.4, 0.5) is 5.82 Å². The van der Waals surface area contributed by atoms with E-state index in [2.05, 4.69) is 21.3 Å². The Hall–Kier alpha value is -2.36. The Labute approximate surface area is 143 Å². The van der Waals surface area contributed by atoms with Gasteiger partial charge in [0, 0.05) is 30.9 Å². The van der Waals surface area contributed by atoms with Gasteiger partial charge in [0.1, 0.15) is 5.82 Å². The fourth-order valence-corrected chi connectivity index (χ4v) is 3.39. The second-order valence-corrected chi connectivity index (χ2v) is 6.32. The fraction of sp³-hybridized carbons (Fsp3) is 0.400. The highest BCUT2D eigenvalue weighted by molar-refractivity contribution is 5.94. The molecular weight excluding hydrogens is 298 g/mol. The van der Waals surface area contributed by atoms with E-state index in [4.69, 9.17) is 0 Å². The molecule has 0 radical (unpaired) electrons. The highest BCUT2D eigenvalue weighted by atomic mass is 16.2. The van der Waals surface area contributed by atoms with Crippen molar-refractivity contribution in [2.75, 3.05) is 18.9 Å². The molecule has 0 bridgehead atoms. The molecule has 1 fully saturated rings. The lowest BCUT2D eigenvalue weighted by Crippen LogP contribution is -2.44. The van der Waals surface area contributed by atoms with Crippen LogP contribution in [0.15, 0.2) is 48.5 Å². The molecule has 4 nitrogen and oxygen atoms in total. The van der Waals surface area contributed by atoms with Gasteiger partial charge in [-0.1, -0.05) is 24.3 Å². The summed E-state index contributed by atoms with van der Waals surface area (Å²) in [6, 6.07) is 16.0. The van der Waals surface area contributed by atoms with Gasteiger partial charge in [-0.2, -0.15) is 0 Å². The number of aromatic nitrogens is 1. The average Bonchev–Trinajstić information content (AvgIpc) is 2.67. The topological polar surface area (TPSA) is 45.2 Å². The number of pyridine rings is 1. The van der Waals surface area contributed by atoms with Crippen LogP contribution in [0.25, 0.3) is 0 Å². The number of amides is 1. The Morgan fingerprint density at radius 1 is 1.17 bits per heavy atom. The molecule has 3 rings (SSSR count). The maximum absolute atomic E-state index is 12.8. The van der Waals surface area contributed by atoms with Crippen LogP contribution >= 0.6 is 0 Å². The van der Waals surface area contributed by atoms with E-state index in [-0.39, 0.29) is 5.91 Å². The van der Waals surface area contributed by atoms with Gasteiger partial charge >= 0.3 is 0 Å². The number of hydrogen-bond donors (Lipinski definition) is 1. The smallest absolute Gasteiger partial charge is 0.254 e. The third-order valence-corrected chi connectivity index (χ3v) is 4.71. The van der Waals surface area contributed by atoms with Crippen molar-refractivity contribution in [1.82, 2.24) is 9.88 Å². The van der Waals surface area contributed by atoms with Crippen molar-refractivity contribution in [2.45, 2.75) is 38.1 Å². The summed E-state index contributed by atoms with van der Waals surface area (Å²) in [5.74, 6) is 1.06. The lowest BCUT2D eigenvalue weighted by atomic mass is 9.96. The zero-order valence-electron chi connectivity index (χ0n) is 14.2. The predicted molar refractivity (Wildman–Crippen MR) is 97.2 cm³/mol. The van der Waals surface area contributed by atoms with E-state index in [1.54, 1.807) is 0 Å². The van der Waals surface area contributed by atoms with Gasteiger partial charge in [-0.25, -0.2) is 4.98 Å². The minimum Gasteiger partial charge on any atom is -0.373 e. The molecule has 4 heteroatoms. The van der Waals surface area contributed by atoms with Gasteiger partial charge in [0.05, 0.1) is 0 Å². The Bertz CT molecular complexity index is 672. The maximum atomic E-state index is 12.8. The van der Waals surface area contributed by atoms with E-state index >= 15 is 0 Å². The van der Waals surface area contributed by atoms with E-state index < -0.39 is 0 Å². The second kappa shape index (κ2) is 7.95. The van der Waals surface area contributed by atoms with Crippen LogP contribution in [0.5, 0.6) is 0 Å². The van der Waals surface area contributed by atoms with E-state index in [9.17, 15) is 4.79 Å². The molecule has 1 aromatic heterocycles. The van der Waals surface area contributed by atoms with Crippen molar-refractivity contribution in [3.8, 4) is 0 Å². The van der Waals surface area contributed by atoms with E-state index in [0.29, 0.717) is 6.04 Å². The van der Waals surface area contributed by atoms with Gasteiger partial charge in [-0.3, -0.25) is 4.79 Å². The number of rotatable bonds is 5. The van der Waals surface area contributed by atoms with Gasteiger partial charge in [-0.05, 0) is 56.4 Å². The Balaban J connectivity index is 1.67. The summed E-state index contributed by atoms with van der Waals surface area (Å²) in [6.07, 6.45) is 5.26. The molecule has 1 amide bonds. The number of benzene rings is 1. The highest BCUT2D eigenvalue weighted by Gasteiger charge is 2.27. The van der Waals surface area contributed by atoms with Crippen LogP contribution in [-0.2, 0) is 6.42 Å². The van der Waals surface area contributed by atoms with Crippen molar-refractivity contribution in [3.05, 3.63) is 59.8 Å². The number of carbonyl (C=O) groups excluding carboxylic acids is 1. The Morgan fingerprint density at radius 2 is 2.00 bits per heavy atom. The van der Waals surface area contributed by atoms with Gasteiger partial charge in [0.25, 0.3) is 5.91 Å². The number of likely N-dealkylation sites (tertiary alicyclic amines) is 1. The maximum Gasteiger partial charge on any atom is 0.254 e. The van der Waals surface area contributed by atoms with E-state index in [1.165, 1.54) is 6.42 Å². The fourth-order valence-electron chi connectivity index (χ4n) is 3.39. The number of piperidine rings is 1. The first-order chi connectivity index (χ1) is 11.8. The molecule has 1 atom stereocenters. The zero-order valence-corrected chi connectivity index (χ0v) is 14.2. The summed E-state index contributed by atoms with van der Waals surface area (Å²) < 4.78 is 0. The Kier molecular flexibility index (Phi) is 5.47. The molecule has 1 aromatic carbocycles. The van der Waals surface area contributed by atoms with Gasteiger partial charge in [-0.15, -0.1) is 0 Å². The molecule has 2 aromatic rings. The van der Waals surface area contributed by atoms with E-state index in [0.717, 1.165) is 49.3 Å². The van der Waals surface area contributed by atoms with Crippen molar-refractivity contribution < 1.29 is 4.79 Å². The number of nitrogens with zero attached hydrogens (tertiary/aromatic N) is 2. The summed E-state index contributed by atoms with van der Waals surface area (Å²) >= 11 is 0. The number of hydrogen-bond acceptors (Lipinski definition) is 3. The molecule has 1 aliphatic heterocycles. The lowest BCUT2D eigenvalue weighted by Gasteiger charge is -2.36. The van der Waals surface area contributed by atoms with Crippen LogP contribution < -0.4 is 5.32 Å². The summed E-state index contributed by atoms with van der Waals surface area (Å²) in [6.45, 7) is 0.863. The zero-order chi connectivity index (χ0) is 16.8. The molecule has 126 valence electrons. The number of nitrogens with one attached hydrogen (secondary N) is 1. The molecule has 1 N–H and O–H groups in total. The summed E-state index contributed by atoms with van der Waals surface area (Å²) in [5.41, 5.74) is 1.87. The van der Waals surface area contributed by atoms with Crippen molar-refractivity contribution >= 4 is 11.7 Å². The monoisotopic (exact) mass is 323 g/mol. The molecule has 0 unspecified atom stereocenters. The Morgan fingerprint density at radius 3 is 2.79 bits per heavy atom. The quantitative estimate of drug-likeness (QED) is 0.911. The molecular formula is C20H25N3O. The first-order valence-corrected chi connectivity index (χ1v) is 8.77. The van der Waals surface area contributed by atoms with Crippen LogP contribution in [0, 0.1) is 0 Å². The summed E-state index contributed by atoms with van der Waals surface area (Å²) in [7, 11) is 1.88. The molecule has 24 heavy (non-hydrogen) atoms. The largest absolute Gasteiger partial charge is 0.373 e. The first kappa shape index (κ1) is 16.5. The standard InChI is InChI=1S/C20H25N3O/c1-21-19-12-7-10-17(22-19)13-14-18-11-5-6-15-23(18)20(24)16-8-3-2-4-9-16/h2-4,7-10,12,18H,5-6,11,13-15H2,1H3,(H,21,22)/t18-/m0/s1. The number of aryl methyl sites for hydroxylation is 1. The number of carbonyl (C=O) groups is 1. The van der Waals surface area contributed by atoms with Gasteiger partial charge in [0.15, 0.2) is 0 Å². The molecule has 2 heterocycles. The molecule has 0 spiro atoms. The SMILES string of the molecule is CNc1cccc(CC[C@@H]2CCCCN2C(=O)c2ccccc2)n1. The molecule has 1 saturated heterocycles. The minimum atomic E-state index is 0.164. The molecule has 0 saturated carbocycles. The van der Waals surface area contributed by atoms with Crippen LogP contribution in [0.3, 0.4) is 0 Å².